The smallest absolute Gasteiger partial charge is 0.335 e. The fraction of sp³-hybridized carbons (Fsp3) is 0.0952. The molecule has 0 spiro atoms. The van der Waals surface area contributed by atoms with Gasteiger partial charge in [0.2, 0.25) is 5.78 Å². The van der Waals surface area contributed by atoms with Gasteiger partial charge < -0.3 is 14.6 Å². The standard InChI is InChI=1S/C21H16O6/c1-3-8-26-15-7-5-6-13-17(15)20(23)18-14(19(13)22)10-12(21(24)25)11-16(18)27-9-4-2/h3-7,10-11H,1-2,8-9H2,(H,24,25). The summed E-state index contributed by atoms with van der Waals surface area (Å²) in [5.74, 6) is -1.87. The van der Waals surface area contributed by atoms with Gasteiger partial charge in [-0.1, -0.05) is 37.4 Å². The summed E-state index contributed by atoms with van der Waals surface area (Å²) in [5, 5.41) is 9.32. The largest absolute Gasteiger partial charge is 0.489 e. The second kappa shape index (κ2) is 7.29. The van der Waals surface area contributed by atoms with Crippen LogP contribution in [0.4, 0.5) is 0 Å². The number of carboxylic acids is 1. The van der Waals surface area contributed by atoms with E-state index in [9.17, 15) is 19.5 Å². The number of fused-ring (bicyclic) bond motifs is 2. The summed E-state index contributed by atoms with van der Waals surface area (Å²) in [6, 6.07) is 7.13. The maximum atomic E-state index is 13.2. The number of carbonyl (C=O) groups excluding carboxylic acids is 2. The molecule has 2 aromatic rings. The van der Waals surface area contributed by atoms with Gasteiger partial charge >= 0.3 is 5.97 Å². The molecule has 0 aliphatic heterocycles. The van der Waals surface area contributed by atoms with Crippen LogP contribution in [0.25, 0.3) is 0 Å². The molecule has 0 saturated heterocycles. The number of ketones is 2. The van der Waals surface area contributed by atoms with Crippen LogP contribution in [-0.4, -0.2) is 35.9 Å². The van der Waals surface area contributed by atoms with E-state index in [2.05, 4.69) is 13.2 Å². The van der Waals surface area contributed by atoms with E-state index in [-0.39, 0.29) is 52.5 Å². The Kier molecular flexibility index (Phi) is 4.90. The first-order chi connectivity index (χ1) is 13.0. The molecule has 27 heavy (non-hydrogen) atoms. The average Bonchev–Trinajstić information content (AvgIpc) is 2.67. The Labute approximate surface area is 155 Å². The van der Waals surface area contributed by atoms with Gasteiger partial charge in [-0.05, 0) is 18.2 Å². The van der Waals surface area contributed by atoms with Gasteiger partial charge in [0.05, 0.1) is 16.7 Å². The van der Waals surface area contributed by atoms with E-state index in [0.29, 0.717) is 0 Å². The van der Waals surface area contributed by atoms with Gasteiger partial charge in [-0.15, -0.1) is 0 Å². The highest BCUT2D eigenvalue weighted by atomic mass is 16.5. The molecule has 6 nitrogen and oxygen atoms in total. The Morgan fingerprint density at radius 1 is 0.926 bits per heavy atom. The third kappa shape index (κ3) is 3.13. The number of hydrogen-bond acceptors (Lipinski definition) is 5. The Bertz CT molecular complexity index is 986. The van der Waals surface area contributed by atoms with Crippen LogP contribution in [0.15, 0.2) is 55.6 Å². The molecule has 0 atom stereocenters. The van der Waals surface area contributed by atoms with Gasteiger partial charge in [-0.2, -0.15) is 0 Å². The quantitative estimate of drug-likeness (QED) is 0.647. The van der Waals surface area contributed by atoms with Crippen LogP contribution in [0, 0.1) is 0 Å². The monoisotopic (exact) mass is 364 g/mol. The first-order valence-electron chi connectivity index (χ1n) is 8.10. The number of ether oxygens (including phenoxy) is 2. The second-order valence-corrected chi connectivity index (χ2v) is 5.74. The van der Waals surface area contributed by atoms with E-state index in [4.69, 9.17) is 9.47 Å². The second-order valence-electron chi connectivity index (χ2n) is 5.74. The fourth-order valence-corrected chi connectivity index (χ4v) is 2.91. The number of rotatable bonds is 7. The Hall–Kier alpha value is -3.67. The van der Waals surface area contributed by atoms with Gasteiger partial charge in [0.1, 0.15) is 24.7 Å². The summed E-state index contributed by atoms with van der Waals surface area (Å²) in [5.41, 5.74) is 0.160. The minimum absolute atomic E-state index is 0.00710. The maximum Gasteiger partial charge on any atom is 0.335 e. The fourth-order valence-electron chi connectivity index (χ4n) is 2.91. The Morgan fingerprint density at radius 3 is 2.19 bits per heavy atom. The SMILES string of the molecule is C=CCOc1cccc2c1C(=O)c1c(OCC=C)cc(C(=O)O)cc1C2=O. The zero-order valence-electron chi connectivity index (χ0n) is 14.4. The predicted molar refractivity (Wildman–Crippen MR) is 98.1 cm³/mol. The van der Waals surface area contributed by atoms with Crippen molar-refractivity contribution < 1.29 is 29.0 Å². The molecule has 0 bridgehead atoms. The van der Waals surface area contributed by atoms with E-state index >= 15 is 0 Å². The van der Waals surface area contributed by atoms with E-state index in [1.54, 1.807) is 12.1 Å². The van der Waals surface area contributed by atoms with E-state index in [1.165, 1.54) is 30.4 Å². The van der Waals surface area contributed by atoms with Gasteiger partial charge in [0.25, 0.3) is 0 Å². The lowest BCUT2D eigenvalue weighted by Crippen LogP contribution is -2.24. The van der Waals surface area contributed by atoms with Crippen molar-refractivity contribution in [1.82, 2.24) is 0 Å². The van der Waals surface area contributed by atoms with Crippen molar-refractivity contribution in [1.29, 1.82) is 0 Å². The molecule has 0 saturated carbocycles. The molecular formula is C21H16O6. The lowest BCUT2D eigenvalue weighted by Gasteiger charge is -2.22. The zero-order chi connectivity index (χ0) is 19.6. The molecule has 0 aromatic heterocycles. The van der Waals surface area contributed by atoms with Crippen molar-refractivity contribution in [2.24, 2.45) is 0 Å². The van der Waals surface area contributed by atoms with Crippen molar-refractivity contribution in [3.05, 3.63) is 83.5 Å². The number of hydrogen-bond donors (Lipinski definition) is 1. The predicted octanol–water partition coefficient (Wildman–Crippen LogP) is 3.29. The van der Waals surface area contributed by atoms with Crippen LogP contribution in [0.5, 0.6) is 11.5 Å². The Morgan fingerprint density at radius 2 is 1.56 bits per heavy atom. The highest BCUT2D eigenvalue weighted by Crippen LogP contribution is 2.38. The van der Waals surface area contributed by atoms with Crippen molar-refractivity contribution in [3.63, 3.8) is 0 Å². The molecule has 0 radical (unpaired) electrons. The Balaban J connectivity index is 2.24. The first-order valence-corrected chi connectivity index (χ1v) is 8.10. The van der Waals surface area contributed by atoms with Crippen LogP contribution in [0.3, 0.4) is 0 Å². The topological polar surface area (TPSA) is 89.9 Å². The number of benzene rings is 2. The molecule has 0 amide bonds. The van der Waals surface area contributed by atoms with Crippen molar-refractivity contribution in [2.75, 3.05) is 13.2 Å². The van der Waals surface area contributed by atoms with Crippen molar-refractivity contribution in [3.8, 4) is 11.5 Å². The molecule has 2 aromatic carbocycles. The van der Waals surface area contributed by atoms with Gasteiger partial charge in [-0.25, -0.2) is 4.79 Å². The van der Waals surface area contributed by atoms with Crippen LogP contribution in [-0.2, 0) is 0 Å². The summed E-state index contributed by atoms with van der Waals surface area (Å²) >= 11 is 0. The molecule has 0 heterocycles. The molecule has 6 heteroatoms. The van der Waals surface area contributed by atoms with Gasteiger partial charge in [0.15, 0.2) is 5.78 Å². The summed E-state index contributed by atoms with van der Waals surface area (Å²) in [4.78, 5) is 37.6. The maximum absolute atomic E-state index is 13.2. The summed E-state index contributed by atoms with van der Waals surface area (Å²) in [6.07, 6.45) is 2.99. The van der Waals surface area contributed by atoms with Crippen LogP contribution >= 0.6 is 0 Å². The molecule has 1 aliphatic rings. The van der Waals surface area contributed by atoms with E-state index in [1.807, 2.05) is 0 Å². The van der Waals surface area contributed by atoms with Gasteiger partial charge in [-0.3, -0.25) is 9.59 Å². The minimum Gasteiger partial charge on any atom is -0.489 e. The zero-order valence-corrected chi connectivity index (χ0v) is 14.4. The lowest BCUT2D eigenvalue weighted by atomic mass is 9.82. The summed E-state index contributed by atoms with van der Waals surface area (Å²) < 4.78 is 11.0. The first kappa shape index (κ1) is 18.1. The van der Waals surface area contributed by atoms with Gasteiger partial charge in [0, 0.05) is 11.1 Å². The number of carboxylic acid groups (broad SMARTS) is 1. The van der Waals surface area contributed by atoms with E-state index < -0.39 is 17.5 Å². The van der Waals surface area contributed by atoms with Crippen molar-refractivity contribution >= 4 is 17.5 Å². The highest BCUT2D eigenvalue weighted by molar-refractivity contribution is 6.30. The van der Waals surface area contributed by atoms with Crippen molar-refractivity contribution in [2.45, 2.75) is 0 Å². The van der Waals surface area contributed by atoms with E-state index in [0.717, 1.165) is 0 Å². The summed E-state index contributed by atoms with van der Waals surface area (Å²) in [7, 11) is 0. The highest BCUT2D eigenvalue weighted by Gasteiger charge is 2.35. The molecule has 136 valence electrons. The molecule has 1 aliphatic carbocycles. The minimum atomic E-state index is -1.23. The molecule has 0 fully saturated rings. The lowest BCUT2D eigenvalue weighted by molar-refractivity contribution is 0.0695. The van der Waals surface area contributed by atoms with Crippen LogP contribution in [0.1, 0.15) is 42.2 Å². The number of carbonyl (C=O) groups is 3. The van der Waals surface area contributed by atoms with Crippen LogP contribution in [0.2, 0.25) is 0 Å². The third-order valence-electron chi connectivity index (χ3n) is 4.03. The molecule has 0 unspecified atom stereocenters. The normalized spacial score (nSPS) is 12.0. The molecule has 1 N–H and O–H groups in total. The molecular weight excluding hydrogens is 348 g/mol. The van der Waals surface area contributed by atoms with Crippen LogP contribution < -0.4 is 9.47 Å². The summed E-state index contributed by atoms with van der Waals surface area (Å²) in [6.45, 7) is 7.33. The third-order valence-corrected chi connectivity index (χ3v) is 4.03. The molecule has 3 rings (SSSR count). The number of aromatic carboxylic acids is 1. The average molecular weight is 364 g/mol.